The average Bonchev–Trinajstić information content (AvgIpc) is 2.92. The Labute approximate surface area is 152 Å². The molecule has 0 fully saturated rings. The van der Waals surface area contributed by atoms with Crippen LogP contribution in [-0.2, 0) is 16.4 Å². The first kappa shape index (κ1) is 19.5. The van der Waals surface area contributed by atoms with Gasteiger partial charge in [0.1, 0.15) is 5.56 Å². The van der Waals surface area contributed by atoms with Crippen LogP contribution >= 0.6 is 11.6 Å². The van der Waals surface area contributed by atoms with E-state index in [9.17, 15) is 13.2 Å². The minimum absolute atomic E-state index is 0.126. The minimum atomic E-state index is -3.45. The van der Waals surface area contributed by atoms with Crippen molar-refractivity contribution in [1.29, 1.82) is 0 Å². The maximum atomic E-state index is 13.0. The number of aromatic nitrogens is 2. The van der Waals surface area contributed by atoms with Gasteiger partial charge < -0.3 is 4.74 Å². The van der Waals surface area contributed by atoms with Crippen molar-refractivity contribution in [2.75, 3.05) is 13.4 Å². The van der Waals surface area contributed by atoms with E-state index in [0.717, 1.165) is 12.7 Å². The smallest absolute Gasteiger partial charge is 0.223 e. The van der Waals surface area contributed by atoms with E-state index in [4.69, 9.17) is 16.3 Å². The molecule has 0 amide bonds. The summed E-state index contributed by atoms with van der Waals surface area (Å²) in [6, 6.07) is 1.50. The zero-order valence-electron chi connectivity index (χ0n) is 14.9. The van der Waals surface area contributed by atoms with Crippen molar-refractivity contribution >= 4 is 27.2 Å². The molecule has 0 atom stereocenters. The molecule has 8 heteroatoms. The highest BCUT2D eigenvalue weighted by Crippen LogP contribution is 2.33. The number of sulfone groups is 1. The number of ketones is 1. The maximum absolute atomic E-state index is 13.0. The Morgan fingerprint density at radius 2 is 1.96 bits per heavy atom. The van der Waals surface area contributed by atoms with Crippen LogP contribution in [0.4, 0.5) is 0 Å². The summed E-state index contributed by atoms with van der Waals surface area (Å²) in [7, 11) is -1.97. The van der Waals surface area contributed by atoms with Gasteiger partial charge in [0.2, 0.25) is 11.7 Å². The molecule has 1 aromatic heterocycles. The van der Waals surface area contributed by atoms with Crippen LogP contribution in [-0.4, -0.2) is 37.3 Å². The first-order valence-corrected chi connectivity index (χ1v) is 10.0. The van der Waals surface area contributed by atoms with Crippen LogP contribution in [0, 0.1) is 13.8 Å². The lowest BCUT2D eigenvalue weighted by atomic mass is 10.0. The lowest BCUT2D eigenvalue weighted by Crippen LogP contribution is -2.10. The van der Waals surface area contributed by atoms with Crippen molar-refractivity contribution in [2.45, 2.75) is 38.6 Å². The third-order valence-electron chi connectivity index (χ3n) is 3.91. The number of aryl methyl sites for hydroxylation is 2. The molecule has 0 saturated heterocycles. The topological polar surface area (TPSA) is 78.3 Å². The van der Waals surface area contributed by atoms with Crippen molar-refractivity contribution in [3.63, 3.8) is 0 Å². The summed E-state index contributed by atoms with van der Waals surface area (Å²) < 4.78 is 30.9. The second-order valence-corrected chi connectivity index (χ2v) is 8.23. The van der Waals surface area contributed by atoms with Crippen LogP contribution in [0.5, 0.6) is 5.88 Å². The molecule has 0 unspecified atom stereocenters. The van der Waals surface area contributed by atoms with Crippen LogP contribution in [0.2, 0.25) is 5.02 Å². The normalized spacial score (nSPS) is 11.6. The Morgan fingerprint density at radius 3 is 2.48 bits per heavy atom. The van der Waals surface area contributed by atoms with E-state index in [2.05, 4.69) is 5.10 Å². The first-order valence-electron chi connectivity index (χ1n) is 7.77. The molecule has 0 saturated carbocycles. The Bertz CT molecular complexity index is 933. The monoisotopic (exact) mass is 384 g/mol. The van der Waals surface area contributed by atoms with Gasteiger partial charge in [-0.05, 0) is 37.5 Å². The second-order valence-electron chi connectivity index (χ2n) is 5.90. The summed E-state index contributed by atoms with van der Waals surface area (Å²) in [4.78, 5) is 13.1. The van der Waals surface area contributed by atoms with Crippen LogP contribution < -0.4 is 4.74 Å². The molecule has 2 rings (SSSR count). The molecule has 6 nitrogen and oxygen atoms in total. The van der Waals surface area contributed by atoms with Gasteiger partial charge in [-0.3, -0.25) is 4.79 Å². The van der Waals surface area contributed by atoms with E-state index >= 15 is 0 Å². The molecule has 0 N–H and O–H groups in total. The van der Waals surface area contributed by atoms with Crippen molar-refractivity contribution in [1.82, 2.24) is 9.78 Å². The molecule has 0 radical (unpaired) electrons. The fourth-order valence-corrected chi connectivity index (χ4v) is 4.53. The minimum Gasteiger partial charge on any atom is -0.481 e. The number of methoxy groups -OCH3 is 1. The van der Waals surface area contributed by atoms with Crippen molar-refractivity contribution in [3.8, 4) is 5.88 Å². The van der Waals surface area contributed by atoms with Gasteiger partial charge in [0.05, 0.1) is 23.2 Å². The van der Waals surface area contributed by atoms with Gasteiger partial charge in [-0.15, -0.1) is 0 Å². The fourth-order valence-electron chi connectivity index (χ4n) is 2.94. The fraction of sp³-hybridized carbons (Fsp3) is 0.412. The summed E-state index contributed by atoms with van der Waals surface area (Å²) in [6.07, 6.45) is 3.41. The van der Waals surface area contributed by atoms with Crippen molar-refractivity contribution in [2.24, 2.45) is 0 Å². The highest BCUT2D eigenvalue weighted by molar-refractivity contribution is 7.90. The molecule has 2 aromatic rings. The first-order chi connectivity index (χ1) is 11.6. The summed E-state index contributed by atoms with van der Waals surface area (Å²) in [6.45, 7) is 5.86. The Hall–Kier alpha value is -1.86. The zero-order valence-corrected chi connectivity index (χ0v) is 16.5. The predicted octanol–water partition coefficient (Wildman–Crippen LogP) is 3.21. The number of carbonyl (C=O) groups is 1. The maximum Gasteiger partial charge on any atom is 0.223 e. The molecule has 1 aromatic carbocycles. The Kier molecular flexibility index (Phi) is 5.58. The van der Waals surface area contributed by atoms with E-state index in [1.807, 2.05) is 6.92 Å². The number of nitrogens with zero attached hydrogens (tertiary/aromatic N) is 2. The summed E-state index contributed by atoms with van der Waals surface area (Å²) in [5, 5.41) is 4.31. The number of hydrogen-bond acceptors (Lipinski definition) is 5. The largest absolute Gasteiger partial charge is 0.481 e. The molecule has 136 valence electrons. The Morgan fingerprint density at radius 1 is 1.32 bits per heavy atom. The molecular weight excluding hydrogens is 364 g/mol. The van der Waals surface area contributed by atoms with E-state index in [0.29, 0.717) is 29.1 Å². The molecule has 0 aliphatic rings. The Balaban J connectivity index is 2.62. The van der Waals surface area contributed by atoms with E-state index < -0.39 is 9.84 Å². The molecule has 25 heavy (non-hydrogen) atoms. The summed E-state index contributed by atoms with van der Waals surface area (Å²) in [5.74, 6) is 0.0147. The number of hydrogen-bond donors (Lipinski definition) is 0. The van der Waals surface area contributed by atoms with Crippen LogP contribution in [0.25, 0.3) is 0 Å². The quantitative estimate of drug-likeness (QED) is 0.714. The number of rotatable bonds is 6. The second kappa shape index (κ2) is 7.17. The van der Waals surface area contributed by atoms with Gasteiger partial charge >= 0.3 is 0 Å². The van der Waals surface area contributed by atoms with Crippen LogP contribution in [0.3, 0.4) is 0 Å². The summed E-state index contributed by atoms with van der Waals surface area (Å²) >= 11 is 6.33. The number of benzene rings is 1. The summed E-state index contributed by atoms with van der Waals surface area (Å²) in [5.41, 5.74) is 1.38. The third-order valence-corrected chi connectivity index (χ3v) is 5.76. The predicted molar refractivity (Wildman–Crippen MR) is 96.5 cm³/mol. The van der Waals surface area contributed by atoms with Gasteiger partial charge in [0.15, 0.2) is 9.84 Å². The van der Waals surface area contributed by atoms with Crippen molar-refractivity contribution in [3.05, 3.63) is 39.5 Å². The molecule has 0 spiro atoms. The lowest BCUT2D eigenvalue weighted by Gasteiger charge is -2.14. The number of halogens is 1. The molecule has 0 aliphatic heterocycles. The van der Waals surface area contributed by atoms with Gasteiger partial charge in [-0.25, -0.2) is 13.1 Å². The van der Waals surface area contributed by atoms with Gasteiger partial charge in [-0.2, -0.15) is 5.10 Å². The zero-order chi connectivity index (χ0) is 18.9. The van der Waals surface area contributed by atoms with Crippen LogP contribution in [0.1, 0.15) is 40.4 Å². The highest BCUT2D eigenvalue weighted by Gasteiger charge is 2.26. The van der Waals surface area contributed by atoms with E-state index in [1.54, 1.807) is 18.5 Å². The van der Waals surface area contributed by atoms with Crippen molar-refractivity contribution < 1.29 is 17.9 Å². The standard InChI is InChI=1S/C17H21ClN2O4S/c1-6-7-20-17(24-4)13(9-19-20)15(21)12-8-10(2)16(25(5,22)23)11(3)14(12)18/h8-9H,6-7H2,1-5H3. The van der Waals surface area contributed by atoms with E-state index in [-0.39, 0.29) is 21.3 Å². The van der Waals surface area contributed by atoms with Gasteiger partial charge in [-0.1, -0.05) is 18.5 Å². The van der Waals surface area contributed by atoms with E-state index in [1.165, 1.54) is 19.4 Å². The number of carbonyl (C=O) groups excluding carboxylic acids is 1. The molecule has 0 bridgehead atoms. The SMILES string of the molecule is CCCn1ncc(C(=O)c2cc(C)c(S(C)(=O)=O)c(C)c2Cl)c1OC. The highest BCUT2D eigenvalue weighted by atomic mass is 35.5. The third kappa shape index (κ3) is 3.57. The van der Waals surface area contributed by atoms with Gasteiger partial charge in [0.25, 0.3) is 0 Å². The van der Waals surface area contributed by atoms with Gasteiger partial charge in [0, 0.05) is 18.4 Å². The molecule has 1 heterocycles. The average molecular weight is 385 g/mol. The molecular formula is C17H21ClN2O4S. The lowest BCUT2D eigenvalue weighted by molar-refractivity contribution is 0.103. The molecule has 0 aliphatic carbocycles. The van der Waals surface area contributed by atoms with Crippen LogP contribution in [0.15, 0.2) is 17.2 Å². The number of ether oxygens (including phenoxy) is 1.